The minimum Gasteiger partial charge on any atom is -0.425 e. The van der Waals surface area contributed by atoms with E-state index in [1.165, 1.54) is 6.39 Å². The molecule has 0 amide bonds. The molecule has 0 fully saturated rings. The van der Waals surface area contributed by atoms with Crippen LogP contribution in [0.15, 0.2) is 23.1 Å². The van der Waals surface area contributed by atoms with E-state index in [0.717, 1.165) is 0 Å². The highest BCUT2D eigenvalue weighted by molar-refractivity contribution is 5.67. The average Bonchev–Trinajstić information content (AvgIpc) is 2.62. The quantitative estimate of drug-likeness (QED) is 0.729. The van der Waals surface area contributed by atoms with Gasteiger partial charge in [-0.05, 0) is 13.0 Å². The lowest BCUT2D eigenvalue weighted by molar-refractivity contribution is 0.153. The summed E-state index contributed by atoms with van der Waals surface area (Å²) in [6, 6.07) is 1.39. The molecular formula is C9H11N3O2. The Kier molecular flexibility index (Phi) is 2.18. The number of pyridine rings is 1. The number of aliphatic hydroxyl groups excluding tert-OH is 1. The Bertz CT molecular complexity index is 438. The van der Waals surface area contributed by atoms with E-state index in [-0.39, 0.29) is 6.04 Å². The van der Waals surface area contributed by atoms with Gasteiger partial charge >= 0.3 is 0 Å². The summed E-state index contributed by atoms with van der Waals surface area (Å²) in [5.74, 6) is 0. The standard InChI is InChI=1S/C9H11N3O2/c1-5(10)8(13)6-2-7-9(11-3-6)14-4-12-7/h2-5,8,13H,10H2,1H3. The molecular weight excluding hydrogens is 182 g/mol. The molecule has 0 saturated carbocycles. The highest BCUT2D eigenvalue weighted by Gasteiger charge is 2.14. The molecule has 5 nitrogen and oxygen atoms in total. The smallest absolute Gasteiger partial charge is 0.246 e. The van der Waals surface area contributed by atoms with E-state index in [9.17, 15) is 5.11 Å². The molecule has 0 spiro atoms. The van der Waals surface area contributed by atoms with Crippen molar-refractivity contribution in [1.82, 2.24) is 9.97 Å². The molecule has 0 aliphatic heterocycles. The second-order valence-corrected chi connectivity index (χ2v) is 3.25. The zero-order valence-corrected chi connectivity index (χ0v) is 7.71. The Morgan fingerprint density at radius 3 is 3.00 bits per heavy atom. The molecule has 0 aromatic carbocycles. The summed E-state index contributed by atoms with van der Waals surface area (Å²) in [5.41, 5.74) is 7.31. The minimum absolute atomic E-state index is 0.332. The Morgan fingerprint density at radius 2 is 2.29 bits per heavy atom. The second-order valence-electron chi connectivity index (χ2n) is 3.25. The zero-order chi connectivity index (χ0) is 10.1. The van der Waals surface area contributed by atoms with Crippen molar-refractivity contribution < 1.29 is 9.52 Å². The average molecular weight is 193 g/mol. The Morgan fingerprint density at radius 1 is 1.50 bits per heavy atom. The molecule has 2 atom stereocenters. The van der Waals surface area contributed by atoms with Gasteiger partial charge in [0.1, 0.15) is 5.52 Å². The van der Waals surface area contributed by atoms with Crippen LogP contribution in [0.4, 0.5) is 0 Å². The first kappa shape index (κ1) is 9.11. The lowest BCUT2D eigenvalue weighted by Gasteiger charge is -2.13. The van der Waals surface area contributed by atoms with Crippen molar-refractivity contribution in [3.05, 3.63) is 24.2 Å². The number of nitrogens with two attached hydrogens (primary N) is 1. The number of fused-ring (bicyclic) bond motifs is 1. The molecule has 2 heterocycles. The predicted octanol–water partition coefficient (Wildman–Crippen LogP) is 0.603. The fourth-order valence-corrected chi connectivity index (χ4v) is 1.24. The van der Waals surface area contributed by atoms with E-state index in [2.05, 4.69) is 9.97 Å². The molecule has 0 saturated heterocycles. The third kappa shape index (κ3) is 1.47. The lowest BCUT2D eigenvalue weighted by atomic mass is 10.1. The molecule has 3 N–H and O–H groups in total. The van der Waals surface area contributed by atoms with Crippen molar-refractivity contribution in [2.45, 2.75) is 19.1 Å². The Balaban J connectivity index is 2.43. The Hall–Kier alpha value is -1.46. The third-order valence-electron chi connectivity index (χ3n) is 2.05. The van der Waals surface area contributed by atoms with Crippen LogP contribution in [-0.2, 0) is 0 Å². The van der Waals surface area contributed by atoms with Gasteiger partial charge in [-0.1, -0.05) is 0 Å². The normalized spacial score (nSPS) is 15.6. The molecule has 2 aromatic heterocycles. The maximum Gasteiger partial charge on any atom is 0.246 e. The number of aromatic nitrogens is 2. The van der Waals surface area contributed by atoms with E-state index in [1.54, 1.807) is 19.2 Å². The van der Waals surface area contributed by atoms with Gasteiger partial charge in [-0.2, -0.15) is 0 Å². The van der Waals surface area contributed by atoms with Crippen molar-refractivity contribution in [3.8, 4) is 0 Å². The zero-order valence-electron chi connectivity index (χ0n) is 7.71. The van der Waals surface area contributed by atoms with Crippen LogP contribution in [0.1, 0.15) is 18.6 Å². The SMILES string of the molecule is CC(N)C(O)c1cnc2ocnc2c1. The first-order valence-electron chi connectivity index (χ1n) is 4.31. The van der Waals surface area contributed by atoms with Gasteiger partial charge in [0.2, 0.25) is 5.71 Å². The summed E-state index contributed by atoms with van der Waals surface area (Å²) in [4.78, 5) is 7.94. The number of aliphatic hydroxyl groups is 1. The van der Waals surface area contributed by atoms with Gasteiger partial charge < -0.3 is 15.3 Å². The molecule has 74 valence electrons. The highest BCUT2D eigenvalue weighted by Crippen LogP contribution is 2.18. The molecule has 0 aliphatic rings. The lowest BCUT2D eigenvalue weighted by Crippen LogP contribution is -2.24. The largest absolute Gasteiger partial charge is 0.425 e. The molecule has 14 heavy (non-hydrogen) atoms. The van der Waals surface area contributed by atoms with E-state index >= 15 is 0 Å². The van der Waals surface area contributed by atoms with Gasteiger partial charge in [-0.3, -0.25) is 0 Å². The summed E-state index contributed by atoms with van der Waals surface area (Å²) >= 11 is 0. The van der Waals surface area contributed by atoms with Crippen LogP contribution >= 0.6 is 0 Å². The molecule has 5 heteroatoms. The monoisotopic (exact) mass is 193 g/mol. The van der Waals surface area contributed by atoms with Crippen LogP contribution in [-0.4, -0.2) is 21.1 Å². The van der Waals surface area contributed by atoms with Gasteiger partial charge in [0.25, 0.3) is 0 Å². The maximum atomic E-state index is 9.67. The van der Waals surface area contributed by atoms with Crippen LogP contribution in [0.5, 0.6) is 0 Å². The van der Waals surface area contributed by atoms with Gasteiger partial charge in [0.15, 0.2) is 6.39 Å². The fourth-order valence-electron chi connectivity index (χ4n) is 1.24. The first-order chi connectivity index (χ1) is 6.68. The van der Waals surface area contributed by atoms with Crippen LogP contribution in [0, 0.1) is 0 Å². The van der Waals surface area contributed by atoms with Crippen LogP contribution in [0.2, 0.25) is 0 Å². The number of hydrogen-bond donors (Lipinski definition) is 2. The van der Waals surface area contributed by atoms with Crippen molar-refractivity contribution >= 4 is 11.2 Å². The van der Waals surface area contributed by atoms with Gasteiger partial charge in [-0.25, -0.2) is 9.97 Å². The third-order valence-corrected chi connectivity index (χ3v) is 2.05. The molecule has 2 aromatic rings. The molecule has 0 bridgehead atoms. The molecule has 0 radical (unpaired) electrons. The number of rotatable bonds is 2. The van der Waals surface area contributed by atoms with E-state index < -0.39 is 6.10 Å². The minimum atomic E-state index is -0.719. The van der Waals surface area contributed by atoms with Gasteiger partial charge in [0.05, 0.1) is 6.10 Å². The van der Waals surface area contributed by atoms with Crippen LogP contribution in [0.3, 0.4) is 0 Å². The van der Waals surface area contributed by atoms with Crippen molar-refractivity contribution in [2.24, 2.45) is 5.73 Å². The Labute approximate surface area is 80.6 Å². The van der Waals surface area contributed by atoms with Crippen molar-refractivity contribution in [2.75, 3.05) is 0 Å². The summed E-state index contributed by atoms with van der Waals surface area (Å²) in [5, 5.41) is 9.67. The van der Waals surface area contributed by atoms with Gasteiger partial charge in [0, 0.05) is 17.8 Å². The summed E-state index contributed by atoms with van der Waals surface area (Å²) < 4.78 is 4.98. The fraction of sp³-hybridized carbons (Fsp3) is 0.333. The number of hydrogen-bond acceptors (Lipinski definition) is 5. The molecule has 2 rings (SSSR count). The van der Waals surface area contributed by atoms with E-state index in [1.807, 2.05) is 0 Å². The van der Waals surface area contributed by atoms with Gasteiger partial charge in [-0.15, -0.1) is 0 Å². The molecule has 2 unspecified atom stereocenters. The maximum absolute atomic E-state index is 9.67. The summed E-state index contributed by atoms with van der Waals surface area (Å²) in [6.45, 7) is 1.73. The van der Waals surface area contributed by atoms with Crippen LogP contribution < -0.4 is 5.73 Å². The van der Waals surface area contributed by atoms with E-state index in [4.69, 9.17) is 10.2 Å². The second kappa shape index (κ2) is 3.36. The number of nitrogens with zero attached hydrogens (tertiary/aromatic N) is 2. The molecule has 0 aliphatic carbocycles. The first-order valence-corrected chi connectivity index (χ1v) is 4.31. The van der Waals surface area contributed by atoms with Crippen molar-refractivity contribution in [1.29, 1.82) is 0 Å². The summed E-state index contributed by atoms with van der Waals surface area (Å²) in [6.07, 6.45) is 2.14. The topological polar surface area (TPSA) is 85.2 Å². The predicted molar refractivity (Wildman–Crippen MR) is 50.4 cm³/mol. The summed E-state index contributed by atoms with van der Waals surface area (Å²) in [7, 11) is 0. The van der Waals surface area contributed by atoms with E-state index in [0.29, 0.717) is 16.8 Å². The number of oxazole rings is 1. The highest BCUT2D eigenvalue weighted by atomic mass is 16.3. The van der Waals surface area contributed by atoms with Crippen LogP contribution in [0.25, 0.3) is 11.2 Å². The van der Waals surface area contributed by atoms with Crippen molar-refractivity contribution in [3.63, 3.8) is 0 Å².